The third kappa shape index (κ3) is 11.1. The summed E-state index contributed by atoms with van der Waals surface area (Å²) in [5.41, 5.74) is 0. The zero-order valence-corrected chi connectivity index (χ0v) is 12.4. The van der Waals surface area contributed by atoms with Crippen molar-refractivity contribution in [3.05, 3.63) is 0 Å². The van der Waals surface area contributed by atoms with Crippen molar-refractivity contribution in [2.75, 3.05) is 23.5 Å². The molecule has 1 heterocycles. The molecule has 96 valence electrons. The predicted molar refractivity (Wildman–Crippen MR) is 74.4 cm³/mol. The lowest BCUT2D eigenvalue weighted by molar-refractivity contribution is -0.107. The van der Waals surface area contributed by atoms with Crippen LogP contribution in [0, 0.1) is 0 Å². The molecule has 16 heavy (non-hydrogen) atoms. The Hall–Kier alpha value is 0.610. The number of carbonyl (C=O) groups is 1. The Balaban J connectivity index is 0.000000293. The summed E-state index contributed by atoms with van der Waals surface area (Å²) in [5, 5.41) is 0. The molecule has 0 unspecified atom stereocenters. The summed E-state index contributed by atoms with van der Waals surface area (Å²) in [7, 11) is 0. The standard InChI is InChI=1S/C6H11ClO2.C5H9IO/c7-3-1-2-6-8-4-5-9-6;6-4-2-1-3-5-7/h6H,1-5H2;5H,1-4H2. The zero-order valence-electron chi connectivity index (χ0n) is 9.50. The number of rotatable bonds is 7. The SMILES string of the molecule is ClCCCC1OCCO1.O=CCCCCI. The van der Waals surface area contributed by atoms with Crippen molar-refractivity contribution in [1.82, 2.24) is 0 Å². The number of ether oxygens (including phenoxy) is 2. The summed E-state index contributed by atoms with van der Waals surface area (Å²) < 4.78 is 11.5. The van der Waals surface area contributed by atoms with Crippen LogP contribution in [0.3, 0.4) is 0 Å². The molecule has 5 heteroatoms. The van der Waals surface area contributed by atoms with E-state index in [1.54, 1.807) is 0 Å². The smallest absolute Gasteiger partial charge is 0.157 e. The molecule has 1 aliphatic heterocycles. The molecule has 0 radical (unpaired) electrons. The van der Waals surface area contributed by atoms with Crippen LogP contribution in [-0.2, 0) is 14.3 Å². The average molecular weight is 363 g/mol. The molecule has 1 saturated heterocycles. The van der Waals surface area contributed by atoms with Gasteiger partial charge >= 0.3 is 0 Å². The number of hydrogen-bond donors (Lipinski definition) is 0. The fraction of sp³-hybridized carbons (Fsp3) is 0.909. The van der Waals surface area contributed by atoms with E-state index in [9.17, 15) is 4.79 Å². The van der Waals surface area contributed by atoms with Crippen molar-refractivity contribution in [3.63, 3.8) is 0 Å². The second-order valence-corrected chi connectivity index (χ2v) is 4.81. The number of aldehydes is 1. The third-order valence-corrected chi connectivity index (χ3v) is 3.00. The Morgan fingerprint density at radius 1 is 1.25 bits per heavy atom. The second kappa shape index (κ2) is 13.7. The first-order valence-corrected chi connectivity index (χ1v) is 7.70. The van der Waals surface area contributed by atoms with Crippen LogP contribution in [0.25, 0.3) is 0 Å². The third-order valence-electron chi connectivity index (χ3n) is 1.97. The van der Waals surface area contributed by atoms with Gasteiger partial charge in [-0.15, -0.1) is 11.6 Å². The van der Waals surface area contributed by atoms with E-state index in [0.29, 0.717) is 5.88 Å². The fourth-order valence-corrected chi connectivity index (χ4v) is 1.83. The van der Waals surface area contributed by atoms with Crippen LogP contribution in [0.15, 0.2) is 0 Å². The zero-order chi connectivity index (χ0) is 12.1. The van der Waals surface area contributed by atoms with Gasteiger partial charge in [0.25, 0.3) is 0 Å². The van der Waals surface area contributed by atoms with Gasteiger partial charge in [0, 0.05) is 12.3 Å². The molecule has 1 rings (SSSR count). The number of unbranched alkanes of at least 4 members (excludes halogenated alkanes) is 2. The van der Waals surface area contributed by atoms with Crippen LogP contribution in [0.1, 0.15) is 32.1 Å². The minimum Gasteiger partial charge on any atom is -0.350 e. The monoisotopic (exact) mass is 362 g/mol. The predicted octanol–water partition coefficient (Wildman–Crippen LogP) is 3.17. The largest absolute Gasteiger partial charge is 0.350 e. The highest BCUT2D eigenvalue weighted by atomic mass is 127. The highest BCUT2D eigenvalue weighted by Crippen LogP contribution is 2.09. The summed E-state index contributed by atoms with van der Waals surface area (Å²) in [6.07, 6.45) is 5.90. The molecule has 3 nitrogen and oxygen atoms in total. The van der Waals surface area contributed by atoms with Crippen molar-refractivity contribution in [3.8, 4) is 0 Å². The van der Waals surface area contributed by atoms with Gasteiger partial charge in [0.1, 0.15) is 6.29 Å². The molecule has 1 fully saturated rings. The second-order valence-electron chi connectivity index (χ2n) is 3.35. The summed E-state index contributed by atoms with van der Waals surface area (Å²) in [6.45, 7) is 1.49. The molecule has 0 spiro atoms. The van der Waals surface area contributed by atoms with Crippen LogP contribution in [0.4, 0.5) is 0 Å². The molecule has 0 aromatic carbocycles. The van der Waals surface area contributed by atoms with Crippen molar-refractivity contribution in [1.29, 1.82) is 0 Å². The maximum absolute atomic E-state index is 9.68. The number of hydrogen-bond acceptors (Lipinski definition) is 3. The Kier molecular flexibility index (Phi) is 14.2. The van der Waals surface area contributed by atoms with Gasteiger partial charge in [-0.2, -0.15) is 0 Å². The Labute approximate surface area is 116 Å². The lowest BCUT2D eigenvalue weighted by Crippen LogP contribution is -2.06. The van der Waals surface area contributed by atoms with Crippen molar-refractivity contribution in [2.45, 2.75) is 38.4 Å². The van der Waals surface area contributed by atoms with Gasteiger partial charge in [0.15, 0.2) is 6.29 Å². The van der Waals surface area contributed by atoms with Crippen LogP contribution in [0.2, 0.25) is 0 Å². The maximum atomic E-state index is 9.68. The Morgan fingerprint density at radius 2 is 1.94 bits per heavy atom. The molecule has 1 aliphatic rings. The molecule has 0 aromatic rings. The normalized spacial score (nSPS) is 15.6. The molecular formula is C11H20ClIO3. The lowest BCUT2D eigenvalue weighted by atomic mass is 10.3. The topological polar surface area (TPSA) is 35.5 Å². The van der Waals surface area contributed by atoms with Crippen LogP contribution in [0.5, 0.6) is 0 Å². The summed E-state index contributed by atoms with van der Waals surface area (Å²) in [5.74, 6) is 0.698. The van der Waals surface area contributed by atoms with E-state index in [4.69, 9.17) is 21.1 Å². The quantitative estimate of drug-likeness (QED) is 0.302. The average Bonchev–Trinajstić information content (AvgIpc) is 2.81. The Bertz CT molecular complexity index is 152. The van der Waals surface area contributed by atoms with Crippen LogP contribution >= 0.6 is 34.2 Å². The highest BCUT2D eigenvalue weighted by molar-refractivity contribution is 14.1. The fourth-order valence-electron chi connectivity index (χ4n) is 1.14. The van der Waals surface area contributed by atoms with Crippen LogP contribution < -0.4 is 0 Å². The first-order chi connectivity index (χ1) is 7.85. The van der Waals surface area contributed by atoms with E-state index in [1.165, 1.54) is 10.8 Å². The minimum atomic E-state index is 0.0312. The van der Waals surface area contributed by atoms with E-state index in [0.717, 1.165) is 45.2 Å². The molecule has 0 amide bonds. The summed E-state index contributed by atoms with van der Waals surface area (Å²) in [6, 6.07) is 0. The molecule has 0 bridgehead atoms. The van der Waals surface area contributed by atoms with E-state index in [1.807, 2.05) is 0 Å². The number of halogens is 2. The molecule has 0 aromatic heterocycles. The van der Waals surface area contributed by atoms with Crippen molar-refractivity contribution >= 4 is 40.5 Å². The summed E-state index contributed by atoms with van der Waals surface area (Å²) in [4.78, 5) is 9.68. The van der Waals surface area contributed by atoms with E-state index >= 15 is 0 Å². The van der Waals surface area contributed by atoms with Gasteiger partial charge in [0.05, 0.1) is 13.2 Å². The molecule has 0 saturated carbocycles. The van der Waals surface area contributed by atoms with Gasteiger partial charge in [-0.3, -0.25) is 0 Å². The Morgan fingerprint density at radius 3 is 2.44 bits per heavy atom. The molecule has 0 N–H and O–H groups in total. The molecule has 0 atom stereocenters. The van der Waals surface area contributed by atoms with Gasteiger partial charge < -0.3 is 14.3 Å². The van der Waals surface area contributed by atoms with E-state index < -0.39 is 0 Å². The first kappa shape index (κ1) is 16.6. The van der Waals surface area contributed by atoms with Gasteiger partial charge in [-0.1, -0.05) is 22.6 Å². The molecular weight excluding hydrogens is 342 g/mol. The van der Waals surface area contributed by atoms with E-state index in [2.05, 4.69) is 22.6 Å². The van der Waals surface area contributed by atoms with E-state index in [-0.39, 0.29) is 6.29 Å². The van der Waals surface area contributed by atoms with Crippen molar-refractivity contribution in [2.24, 2.45) is 0 Å². The lowest BCUT2D eigenvalue weighted by Gasteiger charge is -2.05. The molecule has 0 aliphatic carbocycles. The maximum Gasteiger partial charge on any atom is 0.157 e. The number of carbonyl (C=O) groups excluding carboxylic acids is 1. The van der Waals surface area contributed by atoms with Crippen LogP contribution in [-0.4, -0.2) is 36.1 Å². The minimum absolute atomic E-state index is 0.0312. The summed E-state index contributed by atoms with van der Waals surface area (Å²) >= 11 is 7.78. The first-order valence-electron chi connectivity index (χ1n) is 5.64. The van der Waals surface area contributed by atoms with Crippen molar-refractivity contribution < 1.29 is 14.3 Å². The van der Waals surface area contributed by atoms with Gasteiger partial charge in [0.2, 0.25) is 0 Å². The van der Waals surface area contributed by atoms with Gasteiger partial charge in [-0.05, 0) is 30.1 Å². The van der Waals surface area contributed by atoms with Gasteiger partial charge in [-0.25, -0.2) is 0 Å². The highest BCUT2D eigenvalue weighted by Gasteiger charge is 2.14. The number of alkyl halides is 2.